The molecule has 2 aromatic carbocycles. The molecule has 0 aliphatic carbocycles. The third-order valence-electron chi connectivity index (χ3n) is 5.76. The fourth-order valence-electron chi connectivity index (χ4n) is 3.85. The molecular weight excluding hydrogens is 394 g/mol. The second-order valence-corrected chi connectivity index (χ2v) is 8.09. The van der Waals surface area contributed by atoms with E-state index in [2.05, 4.69) is 24.5 Å². The zero-order valence-electron chi connectivity index (χ0n) is 18.6. The van der Waals surface area contributed by atoms with E-state index in [1.54, 1.807) is 19.2 Å². The summed E-state index contributed by atoms with van der Waals surface area (Å²) < 4.78 is 5.29. The first-order valence-corrected chi connectivity index (χ1v) is 10.4. The summed E-state index contributed by atoms with van der Waals surface area (Å²) in [5, 5.41) is 5.56. The normalized spacial score (nSPS) is 18.3. The molecule has 1 atom stereocenters. The summed E-state index contributed by atoms with van der Waals surface area (Å²) in [6.45, 7) is 7.54. The molecule has 1 fully saturated rings. The lowest BCUT2D eigenvalue weighted by atomic mass is 9.86. The first kappa shape index (κ1) is 22.3. The molecule has 7 heteroatoms. The van der Waals surface area contributed by atoms with Crippen molar-refractivity contribution in [2.45, 2.75) is 45.6 Å². The lowest BCUT2D eigenvalue weighted by molar-refractivity contribution is -0.134. The number of urea groups is 1. The molecule has 0 saturated carbocycles. The number of ether oxygens (including phenoxy) is 1. The number of imide groups is 1. The molecule has 3 rings (SSSR count). The van der Waals surface area contributed by atoms with Crippen molar-refractivity contribution < 1.29 is 19.1 Å². The fraction of sp³-hybridized carbons (Fsp3) is 0.375. The molecule has 1 aliphatic heterocycles. The van der Waals surface area contributed by atoms with Gasteiger partial charge >= 0.3 is 6.03 Å². The molecule has 2 N–H and O–H groups in total. The molecule has 0 radical (unpaired) electrons. The Kier molecular flexibility index (Phi) is 6.34. The fourth-order valence-corrected chi connectivity index (χ4v) is 3.85. The topological polar surface area (TPSA) is 87.7 Å². The van der Waals surface area contributed by atoms with E-state index in [1.807, 2.05) is 44.2 Å². The predicted octanol–water partition coefficient (Wildman–Crippen LogP) is 3.92. The predicted molar refractivity (Wildman–Crippen MR) is 119 cm³/mol. The van der Waals surface area contributed by atoms with Crippen LogP contribution in [0.25, 0.3) is 0 Å². The van der Waals surface area contributed by atoms with Gasteiger partial charge in [0.15, 0.2) is 0 Å². The van der Waals surface area contributed by atoms with Crippen molar-refractivity contribution in [1.82, 2.24) is 10.2 Å². The van der Waals surface area contributed by atoms with Crippen molar-refractivity contribution in [2.24, 2.45) is 0 Å². The van der Waals surface area contributed by atoms with E-state index in [4.69, 9.17) is 4.74 Å². The Morgan fingerprint density at radius 2 is 1.84 bits per heavy atom. The molecule has 0 spiro atoms. The van der Waals surface area contributed by atoms with Crippen LogP contribution in [0, 0.1) is 6.92 Å². The summed E-state index contributed by atoms with van der Waals surface area (Å²) in [7, 11) is 1.58. The Bertz CT molecular complexity index is 1000. The number of rotatable bonds is 7. The Labute approximate surface area is 182 Å². The summed E-state index contributed by atoms with van der Waals surface area (Å²) in [6.07, 6.45) is 0.359. The van der Waals surface area contributed by atoms with Crippen LogP contribution in [-0.2, 0) is 15.1 Å². The van der Waals surface area contributed by atoms with Gasteiger partial charge in [0, 0.05) is 5.69 Å². The van der Waals surface area contributed by atoms with Crippen LogP contribution in [0.2, 0.25) is 0 Å². The maximum Gasteiger partial charge on any atom is 0.325 e. The van der Waals surface area contributed by atoms with Crippen molar-refractivity contribution in [3.05, 3.63) is 59.2 Å². The first-order chi connectivity index (χ1) is 14.7. The van der Waals surface area contributed by atoms with Crippen LogP contribution in [0.15, 0.2) is 42.5 Å². The minimum absolute atomic E-state index is 0.354. The molecule has 0 bridgehead atoms. The van der Waals surface area contributed by atoms with E-state index >= 15 is 0 Å². The van der Waals surface area contributed by atoms with Gasteiger partial charge in [0.1, 0.15) is 17.8 Å². The number of benzene rings is 2. The zero-order chi connectivity index (χ0) is 22.8. The van der Waals surface area contributed by atoms with Crippen LogP contribution >= 0.6 is 0 Å². The maximum absolute atomic E-state index is 13.3. The molecule has 0 aromatic heterocycles. The van der Waals surface area contributed by atoms with Gasteiger partial charge in [0.05, 0.1) is 7.11 Å². The van der Waals surface area contributed by atoms with E-state index in [-0.39, 0.29) is 6.54 Å². The van der Waals surface area contributed by atoms with E-state index in [0.29, 0.717) is 29.3 Å². The van der Waals surface area contributed by atoms with Gasteiger partial charge in [-0.15, -0.1) is 0 Å². The van der Waals surface area contributed by atoms with Gasteiger partial charge in [-0.25, -0.2) is 4.79 Å². The van der Waals surface area contributed by atoms with Crippen LogP contribution in [-0.4, -0.2) is 36.4 Å². The number of anilines is 1. The van der Waals surface area contributed by atoms with Gasteiger partial charge in [-0.1, -0.05) is 39.0 Å². The number of aryl methyl sites for hydroxylation is 1. The van der Waals surface area contributed by atoms with Crippen molar-refractivity contribution in [2.75, 3.05) is 19.0 Å². The molecule has 7 nitrogen and oxygen atoms in total. The quantitative estimate of drug-likeness (QED) is 0.661. The molecule has 1 aliphatic rings. The molecule has 31 heavy (non-hydrogen) atoms. The molecular formula is C24H29N3O4. The number of nitrogens with zero attached hydrogens (tertiary/aromatic N) is 1. The van der Waals surface area contributed by atoms with Crippen molar-refractivity contribution in [3.8, 4) is 5.75 Å². The van der Waals surface area contributed by atoms with Crippen molar-refractivity contribution in [3.63, 3.8) is 0 Å². The largest absolute Gasteiger partial charge is 0.496 e. The molecule has 164 valence electrons. The summed E-state index contributed by atoms with van der Waals surface area (Å²) in [5.74, 6) is 0.222. The Hall–Kier alpha value is -3.35. The number of amides is 4. The summed E-state index contributed by atoms with van der Waals surface area (Å²) in [6, 6.07) is 12.3. The smallest absolute Gasteiger partial charge is 0.325 e. The number of hydrogen-bond donors (Lipinski definition) is 2. The van der Waals surface area contributed by atoms with Crippen LogP contribution in [0.4, 0.5) is 10.5 Å². The van der Waals surface area contributed by atoms with E-state index in [9.17, 15) is 14.4 Å². The van der Waals surface area contributed by atoms with Gasteiger partial charge in [-0.3, -0.25) is 14.5 Å². The van der Waals surface area contributed by atoms with E-state index in [0.717, 1.165) is 16.0 Å². The molecule has 1 saturated heterocycles. The van der Waals surface area contributed by atoms with Crippen LogP contribution in [0.1, 0.15) is 49.8 Å². The maximum atomic E-state index is 13.3. The highest BCUT2D eigenvalue weighted by molar-refractivity contribution is 6.10. The van der Waals surface area contributed by atoms with Gasteiger partial charge in [0.25, 0.3) is 5.91 Å². The summed E-state index contributed by atoms with van der Waals surface area (Å²) in [5.41, 5.74) is 2.10. The number of carbonyl (C=O) groups excluding carboxylic acids is 3. The van der Waals surface area contributed by atoms with Crippen LogP contribution in [0.3, 0.4) is 0 Å². The summed E-state index contributed by atoms with van der Waals surface area (Å²) in [4.78, 5) is 39.4. The second-order valence-electron chi connectivity index (χ2n) is 8.09. The Morgan fingerprint density at radius 1 is 1.16 bits per heavy atom. The SMILES string of the molecule is CCC1(c2ccc(OC)c(C)c2)NC(=O)N(CC(=O)Nc2ccc(C(C)C)cc2)C1=O. The molecule has 1 unspecified atom stereocenters. The van der Waals surface area contributed by atoms with Crippen LogP contribution < -0.4 is 15.4 Å². The highest BCUT2D eigenvalue weighted by Crippen LogP contribution is 2.34. The Morgan fingerprint density at radius 3 is 2.39 bits per heavy atom. The molecule has 2 aromatic rings. The number of nitrogens with one attached hydrogen (secondary N) is 2. The Balaban J connectivity index is 1.77. The first-order valence-electron chi connectivity index (χ1n) is 10.4. The third kappa shape index (κ3) is 4.26. The monoisotopic (exact) mass is 423 g/mol. The number of hydrogen-bond acceptors (Lipinski definition) is 4. The molecule has 4 amide bonds. The standard InChI is InChI=1S/C24H29N3O4/c1-6-24(18-9-12-20(31-5)16(4)13-18)22(29)27(23(30)26-24)14-21(28)25-19-10-7-17(8-11-19)15(2)3/h7-13,15H,6,14H2,1-5H3,(H,25,28)(H,26,30). The van der Waals surface area contributed by atoms with Crippen LogP contribution in [0.5, 0.6) is 5.75 Å². The van der Waals surface area contributed by atoms with Gasteiger partial charge in [-0.05, 0) is 60.2 Å². The highest BCUT2D eigenvalue weighted by Gasteiger charge is 2.51. The average Bonchev–Trinajstić information content (AvgIpc) is 2.99. The van der Waals surface area contributed by atoms with E-state index in [1.165, 1.54) is 0 Å². The van der Waals surface area contributed by atoms with Gasteiger partial charge in [0.2, 0.25) is 5.91 Å². The molecule has 1 heterocycles. The minimum Gasteiger partial charge on any atom is -0.496 e. The zero-order valence-corrected chi connectivity index (χ0v) is 18.6. The van der Waals surface area contributed by atoms with E-state index < -0.39 is 23.4 Å². The van der Waals surface area contributed by atoms with Gasteiger partial charge in [-0.2, -0.15) is 0 Å². The van der Waals surface area contributed by atoms with Crippen molar-refractivity contribution in [1.29, 1.82) is 0 Å². The summed E-state index contributed by atoms with van der Waals surface area (Å²) >= 11 is 0. The lowest BCUT2D eigenvalue weighted by Gasteiger charge is -2.26. The third-order valence-corrected chi connectivity index (χ3v) is 5.76. The second kappa shape index (κ2) is 8.79. The van der Waals surface area contributed by atoms with Gasteiger partial charge < -0.3 is 15.4 Å². The highest BCUT2D eigenvalue weighted by atomic mass is 16.5. The number of carbonyl (C=O) groups is 3. The minimum atomic E-state index is -1.20. The lowest BCUT2D eigenvalue weighted by Crippen LogP contribution is -2.44. The average molecular weight is 424 g/mol. The number of methoxy groups -OCH3 is 1. The van der Waals surface area contributed by atoms with Crippen molar-refractivity contribution >= 4 is 23.5 Å².